The number of anilines is 4. The van der Waals surface area contributed by atoms with E-state index < -0.39 is 11.9 Å². The van der Waals surface area contributed by atoms with E-state index in [0.717, 1.165) is 22.3 Å². The highest BCUT2D eigenvalue weighted by Crippen LogP contribution is 2.37. The summed E-state index contributed by atoms with van der Waals surface area (Å²) in [6.07, 6.45) is 6.88. The molecule has 7 aromatic rings. The van der Waals surface area contributed by atoms with Gasteiger partial charge in [-0.25, -0.2) is 0 Å². The fourth-order valence-corrected chi connectivity index (χ4v) is 7.91. The number of halogens is 1. The van der Waals surface area contributed by atoms with Gasteiger partial charge in [-0.05, 0) is 97.9 Å². The number of benzene rings is 2. The zero-order valence-corrected chi connectivity index (χ0v) is 37.8. The first-order valence-corrected chi connectivity index (χ1v) is 22.4. The van der Waals surface area contributed by atoms with Crippen molar-refractivity contribution in [1.29, 1.82) is 0 Å². The Labute approximate surface area is 395 Å². The molecule has 68 heavy (non-hydrogen) atoms. The third-order valence-electron chi connectivity index (χ3n) is 11.4. The number of amides is 3. The van der Waals surface area contributed by atoms with Crippen LogP contribution in [0.25, 0.3) is 28.5 Å². The van der Waals surface area contributed by atoms with Crippen LogP contribution in [0.1, 0.15) is 63.4 Å². The largest absolute Gasteiger partial charge is 0.481 e. The monoisotopic (exact) mass is 940 g/mol. The first kappa shape index (κ1) is 46.7. The summed E-state index contributed by atoms with van der Waals surface area (Å²) in [6, 6.07) is 21.3. The van der Waals surface area contributed by atoms with Crippen LogP contribution in [-0.4, -0.2) is 101 Å². The van der Waals surface area contributed by atoms with E-state index in [1.807, 2.05) is 37.3 Å². The van der Waals surface area contributed by atoms with Crippen molar-refractivity contribution >= 4 is 64.3 Å². The van der Waals surface area contributed by atoms with Crippen molar-refractivity contribution in [2.45, 2.75) is 45.7 Å². The van der Waals surface area contributed by atoms with Crippen molar-refractivity contribution in [3.63, 3.8) is 0 Å². The van der Waals surface area contributed by atoms with Crippen molar-refractivity contribution in [3.05, 3.63) is 125 Å². The Morgan fingerprint density at radius 2 is 1.53 bits per heavy atom. The maximum absolute atomic E-state index is 13.3. The fourth-order valence-electron chi connectivity index (χ4n) is 7.64. The van der Waals surface area contributed by atoms with Gasteiger partial charge in [0.05, 0.1) is 22.9 Å². The van der Waals surface area contributed by atoms with Crippen LogP contribution in [0.15, 0.2) is 95.9 Å². The van der Waals surface area contributed by atoms with Gasteiger partial charge in [-0.2, -0.15) is 19.5 Å². The van der Waals surface area contributed by atoms with E-state index in [4.69, 9.17) is 21.8 Å². The van der Waals surface area contributed by atoms with Crippen molar-refractivity contribution < 1.29 is 28.7 Å². The number of furan rings is 1. The molecule has 2 aromatic carbocycles. The van der Waals surface area contributed by atoms with Crippen molar-refractivity contribution in [1.82, 2.24) is 50.1 Å². The second-order valence-corrected chi connectivity index (χ2v) is 16.5. The van der Waals surface area contributed by atoms with Gasteiger partial charge in [0.1, 0.15) is 11.4 Å². The zero-order valence-electron chi connectivity index (χ0n) is 37.0. The number of fused-ring (bicyclic) bond motifs is 1. The molecule has 0 saturated carbocycles. The number of aliphatic carboxylic acids is 1. The molecule has 1 aliphatic heterocycles. The number of rotatable bonds is 19. The highest BCUT2D eigenvalue weighted by Gasteiger charge is 2.25. The summed E-state index contributed by atoms with van der Waals surface area (Å²) in [7, 11) is 0. The van der Waals surface area contributed by atoms with Crippen LogP contribution in [0, 0.1) is 12.8 Å². The molecule has 1 saturated heterocycles. The third-order valence-corrected chi connectivity index (χ3v) is 11.8. The summed E-state index contributed by atoms with van der Waals surface area (Å²) in [6.45, 7) is 5.77. The van der Waals surface area contributed by atoms with Crippen molar-refractivity contribution in [2.75, 3.05) is 54.4 Å². The Morgan fingerprint density at radius 1 is 0.824 bits per heavy atom. The number of nitrogens with two attached hydrogens (primary N) is 1. The molecular formula is C47H49ClN14O6. The number of hydrogen-bond acceptors (Lipinski definition) is 15. The molecule has 6 heterocycles. The number of pyridine rings is 2. The summed E-state index contributed by atoms with van der Waals surface area (Å²) in [5, 5.41) is 29.0. The van der Waals surface area contributed by atoms with E-state index >= 15 is 0 Å². The molecule has 0 unspecified atom stereocenters. The molecule has 0 spiro atoms. The van der Waals surface area contributed by atoms with E-state index in [1.54, 1.807) is 54.9 Å². The average Bonchev–Trinajstić information content (AvgIpc) is 4.04. The Balaban J connectivity index is 0.754. The topological polar surface area (TPSA) is 273 Å². The minimum atomic E-state index is -0.745. The van der Waals surface area contributed by atoms with Gasteiger partial charge in [0.25, 0.3) is 17.6 Å². The van der Waals surface area contributed by atoms with Crippen molar-refractivity contribution in [3.8, 4) is 22.7 Å². The summed E-state index contributed by atoms with van der Waals surface area (Å²) < 4.78 is 6.66. The van der Waals surface area contributed by atoms with Crippen LogP contribution in [0.3, 0.4) is 0 Å². The molecule has 1 fully saturated rings. The number of aromatic nitrogens is 7. The Kier molecular flexibility index (Phi) is 14.9. The van der Waals surface area contributed by atoms with Crippen LogP contribution in [0.5, 0.6) is 0 Å². The standard InChI is InChI=1S/C47H49ClN14O6/c1-28-32(33-7-3-9-35(40(33)48)56-43(65)37-15-13-30(26-54-37)27-61-21-16-31(17-22-61)44(66)67)6-2-8-34(28)55-42(64)36-14-12-29(25-53-36)24-50-19-20-51-39(63)11-4-18-52-46-58-45(49)62-47(59-46)57-41(60-62)38-10-5-23-68-38/h2-3,5-10,12-15,23,25-26,31,50H,4,11,16-22,24,27H2,1H3,(H,51,63)(H,55,64)(H,56,65)(H,66,67)(H3,49,52,57,58,59,60). The molecule has 0 atom stereocenters. The van der Waals surface area contributed by atoms with E-state index in [9.17, 15) is 24.3 Å². The smallest absolute Gasteiger partial charge is 0.306 e. The maximum Gasteiger partial charge on any atom is 0.306 e. The molecule has 8 N–H and O–H groups in total. The first-order valence-electron chi connectivity index (χ1n) is 22.0. The number of nitrogens with one attached hydrogen (secondary N) is 5. The van der Waals surface area contributed by atoms with E-state index in [0.29, 0.717) is 105 Å². The number of nitrogen functional groups attached to an aromatic ring is 1. The highest BCUT2D eigenvalue weighted by atomic mass is 35.5. The Morgan fingerprint density at radius 3 is 2.22 bits per heavy atom. The van der Waals surface area contributed by atoms with Crippen LogP contribution >= 0.6 is 11.6 Å². The van der Waals surface area contributed by atoms with Gasteiger partial charge in [0.15, 0.2) is 5.76 Å². The minimum absolute atomic E-state index is 0.0922. The molecule has 0 aliphatic carbocycles. The molecule has 0 radical (unpaired) electrons. The number of carbonyl (C=O) groups excluding carboxylic acids is 3. The molecule has 21 heteroatoms. The number of carboxylic acids is 1. The highest BCUT2D eigenvalue weighted by molar-refractivity contribution is 6.36. The number of nitrogens with zero attached hydrogens (tertiary/aromatic N) is 8. The molecule has 350 valence electrons. The SMILES string of the molecule is Cc1c(NC(=O)c2ccc(CNCCNC(=O)CCCNc3nc(N)n4nc(-c5ccco5)nc4n3)cn2)cccc1-c1cccc(NC(=O)c2ccc(CN3CCC(C(=O)O)CC3)cn2)c1Cl. The van der Waals surface area contributed by atoms with E-state index in [1.165, 1.54) is 10.8 Å². The van der Waals surface area contributed by atoms with Gasteiger partial charge in [-0.3, -0.25) is 34.0 Å². The summed E-state index contributed by atoms with van der Waals surface area (Å²) >= 11 is 6.90. The van der Waals surface area contributed by atoms with Gasteiger partial charge in [0, 0.05) is 62.8 Å². The van der Waals surface area contributed by atoms with Crippen LogP contribution in [-0.2, 0) is 22.7 Å². The van der Waals surface area contributed by atoms with Gasteiger partial charge in [-0.1, -0.05) is 48.0 Å². The van der Waals surface area contributed by atoms with Gasteiger partial charge >= 0.3 is 5.97 Å². The van der Waals surface area contributed by atoms with Gasteiger partial charge in [-0.15, -0.1) is 5.10 Å². The Bertz CT molecular complexity index is 2900. The lowest BCUT2D eigenvalue weighted by atomic mass is 9.97. The van der Waals surface area contributed by atoms with E-state index in [2.05, 4.69) is 61.5 Å². The molecular weight excluding hydrogens is 892 g/mol. The lowest BCUT2D eigenvalue weighted by Gasteiger charge is -2.29. The maximum atomic E-state index is 13.3. The van der Waals surface area contributed by atoms with Crippen LogP contribution < -0.4 is 32.3 Å². The number of piperidine rings is 1. The van der Waals surface area contributed by atoms with Crippen molar-refractivity contribution in [2.24, 2.45) is 5.92 Å². The van der Waals surface area contributed by atoms with Crippen LogP contribution in [0.2, 0.25) is 5.02 Å². The van der Waals surface area contributed by atoms with Crippen LogP contribution in [0.4, 0.5) is 23.3 Å². The quantitative estimate of drug-likeness (QED) is 0.0481. The number of likely N-dealkylation sites (tertiary alicyclic amines) is 1. The molecule has 0 bridgehead atoms. The fraction of sp³-hybridized carbons (Fsp3) is 0.277. The Hall–Kier alpha value is -7.81. The number of hydrogen-bond donors (Lipinski definition) is 7. The van der Waals surface area contributed by atoms with Gasteiger partial charge in [0.2, 0.25) is 23.6 Å². The minimum Gasteiger partial charge on any atom is -0.481 e. The molecule has 1 aliphatic rings. The average molecular weight is 941 g/mol. The predicted molar refractivity (Wildman–Crippen MR) is 255 cm³/mol. The summed E-state index contributed by atoms with van der Waals surface area (Å²) in [4.78, 5) is 74.1. The number of carboxylic acid groups (broad SMARTS) is 1. The first-order chi connectivity index (χ1) is 33.0. The van der Waals surface area contributed by atoms with E-state index in [-0.39, 0.29) is 46.8 Å². The second-order valence-electron chi connectivity index (χ2n) is 16.1. The predicted octanol–water partition coefficient (Wildman–Crippen LogP) is 5.68. The lowest BCUT2D eigenvalue weighted by molar-refractivity contribution is -0.143. The normalized spacial score (nSPS) is 13.0. The summed E-state index contributed by atoms with van der Waals surface area (Å²) in [5.41, 5.74) is 11.5. The number of carbonyl (C=O) groups is 4. The molecule has 20 nitrogen and oxygen atoms in total. The molecule has 3 amide bonds. The molecule has 8 rings (SSSR count). The molecule has 5 aromatic heterocycles. The van der Waals surface area contributed by atoms with Gasteiger partial charge < -0.3 is 41.8 Å². The lowest BCUT2D eigenvalue weighted by Crippen LogP contribution is -2.35. The third kappa shape index (κ3) is 11.6. The second kappa shape index (κ2) is 21.7. The zero-order chi connectivity index (χ0) is 47.6. The summed E-state index contributed by atoms with van der Waals surface area (Å²) in [5.74, 6) is -0.462.